The van der Waals surface area contributed by atoms with Crippen LogP contribution in [0.5, 0.6) is 0 Å². The molecule has 4 N–H and O–H groups in total. The summed E-state index contributed by atoms with van der Waals surface area (Å²) in [5, 5.41) is 42.4. The summed E-state index contributed by atoms with van der Waals surface area (Å²) >= 11 is 0. The van der Waals surface area contributed by atoms with Gasteiger partial charge < -0.3 is 25.2 Å². The number of aliphatic hydroxyl groups excluding tert-OH is 1. The fraction of sp³-hybridized carbons (Fsp3) is 0.452. The number of benzene rings is 2. The Hall–Kier alpha value is -3.49. The molecule has 8 nitrogen and oxygen atoms in total. The third-order valence-electron chi connectivity index (χ3n) is 10.3. The number of carbonyl (C=O) groups excluding carboxylic acids is 1. The molecule has 0 aromatic heterocycles. The van der Waals surface area contributed by atoms with E-state index in [9.17, 15) is 29.7 Å². The molecule has 8 atom stereocenters. The molecule has 4 fully saturated rings. The Morgan fingerprint density at radius 2 is 1.85 bits per heavy atom. The maximum atomic E-state index is 12.7. The Bertz CT molecular complexity index is 1460. The van der Waals surface area contributed by atoms with Gasteiger partial charge in [0.05, 0.1) is 24.0 Å². The van der Waals surface area contributed by atoms with Crippen LogP contribution in [0, 0.1) is 28.6 Å². The van der Waals surface area contributed by atoms with E-state index in [1.807, 2.05) is 42.5 Å². The van der Waals surface area contributed by atoms with Crippen molar-refractivity contribution >= 4 is 28.7 Å². The van der Waals surface area contributed by atoms with Gasteiger partial charge in [-0.3, -0.25) is 14.4 Å². The maximum Gasteiger partial charge on any atom is 0.316 e. The topological polar surface area (TPSA) is 141 Å². The van der Waals surface area contributed by atoms with E-state index in [-0.39, 0.29) is 12.3 Å². The number of carbonyl (C=O) groups is 3. The molecule has 2 aromatic rings. The Labute approximate surface area is 225 Å². The number of esters is 1. The van der Waals surface area contributed by atoms with E-state index >= 15 is 0 Å². The van der Waals surface area contributed by atoms with Crippen molar-refractivity contribution in [2.45, 2.75) is 56.3 Å². The van der Waals surface area contributed by atoms with Crippen LogP contribution in [0.2, 0.25) is 0 Å². The van der Waals surface area contributed by atoms with E-state index in [1.54, 1.807) is 19.1 Å². The summed E-state index contributed by atoms with van der Waals surface area (Å²) in [5.41, 5.74) is -2.42. The van der Waals surface area contributed by atoms with Gasteiger partial charge in [-0.1, -0.05) is 55.1 Å². The molecule has 39 heavy (non-hydrogen) atoms. The molecule has 1 spiro atoms. The predicted molar refractivity (Wildman–Crippen MR) is 140 cm³/mol. The lowest BCUT2D eigenvalue weighted by atomic mass is 9.61. The van der Waals surface area contributed by atoms with Gasteiger partial charge in [-0.05, 0) is 66.0 Å². The highest BCUT2D eigenvalue weighted by atomic mass is 16.6. The number of aliphatic hydroxyl groups is 2. The summed E-state index contributed by atoms with van der Waals surface area (Å²) in [6.45, 7) is 5.64. The summed E-state index contributed by atoms with van der Waals surface area (Å²) in [7, 11) is 0. The molecule has 0 amide bonds. The quantitative estimate of drug-likeness (QED) is 0.348. The fourth-order valence-electron chi connectivity index (χ4n) is 8.74. The second kappa shape index (κ2) is 8.26. The van der Waals surface area contributed by atoms with Gasteiger partial charge in [-0.25, -0.2) is 0 Å². The second-order valence-electron chi connectivity index (χ2n) is 12.1. The average molecular weight is 533 g/mol. The highest BCUT2D eigenvalue weighted by Gasteiger charge is 2.83. The average Bonchev–Trinajstić information content (AvgIpc) is 3.31. The molecule has 0 unspecified atom stereocenters. The van der Waals surface area contributed by atoms with Crippen molar-refractivity contribution in [3.63, 3.8) is 0 Å². The van der Waals surface area contributed by atoms with E-state index < -0.39 is 57.9 Å². The molecule has 4 aliphatic carbocycles. The summed E-state index contributed by atoms with van der Waals surface area (Å²) < 4.78 is 5.87. The first-order valence-electron chi connectivity index (χ1n) is 13.3. The molecule has 1 saturated heterocycles. The minimum atomic E-state index is -1.27. The van der Waals surface area contributed by atoms with Crippen LogP contribution in [0.25, 0.3) is 10.8 Å². The maximum absolute atomic E-state index is 12.7. The lowest BCUT2D eigenvalue weighted by molar-refractivity contribution is -0.163. The first-order valence-corrected chi connectivity index (χ1v) is 13.3. The van der Waals surface area contributed by atoms with Gasteiger partial charge in [0.15, 0.2) is 0 Å². The first kappa shape index (κ1) is 25.8. The minimum Gasteiger partial charge on any atom is -0.481 e. The smallest absolute Gasteiger partial charge is 0.316 e. The predicted octanol–water partition coefficient (Wildman–Crippen LogP) is 3.49. The van der Waals surface area contributed by atoms with Gasteiger partial charge >= 0.3 is 17.9 Å². The lowest BCUT2D eigenvalue weighted by Gasteiger charge is -2.44. The van der Waals surface area contributed by atoms with Crippen LogP contribution in [0.3, 0.4) is 0 Å². The SMILES string of the molecule is C=C1C[C@]23C[C@@]1(O)CC[C@H]2[C@@]12C=C[C@H](O)[C@@](C)(C(=O)O1)[C@H]2[C@@H]3C(=O)O.O=C(O)Cc1cccc2ccccc12. The molecule has 4 bridgehead atoms. The molecule has 8 heteroatoms. The summed E-state index contributed by atoms with van der Waals surface area (Å²) in [6.07, 6.45) is 4.20. The third kappa shape index (κ3) is 3.28. The molecule has 1 heterocycles. The zero-order valence-electron chi connectivity index (χ0n) is 21.7. The Balaban J connectivity index is 0.000000168. The van der Waals surface area contributed by atoms with Crippen molar-refractivity contribution in [1.82, 2.24) is 0 Å². The van der Waals surface area contributed by atoms with Crippen LogP contribution in [0.4, 0.5) is 0 Å². The third-order valence-corrected chi connectivity index (χ3v) is 10.3. The highest BCUT2D eigenvalue weighted by molar-refractivity contribution is 5.89. The number of hydrogen-bond donors (Lipinski definition) is 4. The van der Waals surface area contributed by atoms with Crippen molar-refractivity contribution < 1.29 is 39.5 Å². The van der Waals surface area contributed by atoms with Crippen molar-refractivity contribution in [3.05, 3.63) is 72.3 Å². The molecule has 5 aliphatic rings. The standard InChI is InChI=1S/C19H22O6.C12H10O2/c1-9-7-17-8-18(9,24)5-3-10(17)19-6-4-11(20)16(2,15(23)25-19)13(19)12(17)14(21)22;13-12(14)8-10-6-3-5-9-4-1-2-7-11(9)10/h4,6,10-13,20,24H,1,3,5,7-8H2,2H3,(H,21,22);1-7H,8H2,(H,13,14)/t10-,11+,12-,13-,16-,17+,18+,19-;/m1./s1. The summed E-state index contributed by atoms with van der Waals surface area (Å²) in [4.78, 5) is 35.7. The van der Waals surface area contributed by atoms with Crippen molar-refractivity contribution in [3.8, 4) is 0 Å². The van der Waals surface area contributed by atoms with Crippen molar-refractivity contribution in [1.29, 1.82) is 0 Å². The molecule has 3 saturated carbocycles. The van der Waals surface area contributed by atoms with E-state index in [4.69, 9.17) is 9.84 Å². The summed E-state index contributed by atoms with van der Waals surface area (Å²) in [5.74, 6) is -3.97. The Morgan fingerprint density at radius 1 is 1.13 bits per heavy atom. The van der Waals surface area contributed by atoms with Crippen LogP contribution in [-0.4, -0.2) is 55.6 Å². The molecule has 204 valence electrons. The van der Waals surface area contributed by atoms with Crippen LogP contribution < -0.4 is 0 Å². The van der Waals surface area contributed by atoms with E-state index in [2.05, 4.69) is 6.58 Å². The van der Waals surface area contributed by atoms with Gasteiger partial charge in [0, 0.05) is 11.8 Å². The van der Waals surface area contributed by atoms with Crippen LogP contribution >= 0.6 is 0 Å². The number of ether oxygens (including phenoxy) is 1. The van der Waals surface area contributed by atoms with Gasteiger partial charge in [0.1, 0.15) is 11.0 Å². The first-order chi connectivity index (χ1) is 18.4. The zero-order valence-corrected chi connectivity index (χ0v) is 21.7. The minimum absolute atomic E-state index is 0.0847. The van der Waals surface area contributed by atoms with Crippen LogP contribution in [0.1, 0.15) is 38.2 Å². The summed E-state index contributed by atoms with van der Waals surface area (Å²) in [6, 6.07) is 13.5. The monoisotopic (exact) mass is 532 g/mol. The van der Waals surface area contributed by atoms with E-state index in [0.717, 1.165) is 16.3 Å². The number of carboxylic acid groups (broad SMARTS) is 2. The number of aliphatic carboxylic acids is 2. The van der Waals surface area contributed by atoms with Gasteiger partial charge in [0.25, 0.3) is 0 Å². The molecule has 1 aliphatic heterocycles. The van der Waals surface area contributed by atoms with Gasteiger partial charge in [-0.2, -0.15) is 0 Å². The number of hydrogen-bond acceptors (Lipinski definition) is 6. The van der Waals surface area contributed by atoms with Crippen LogP contribution in [-0.2, 0) is 25.5 Å². The number of fused-ring (bicyclic) bond motifs is 2. The lowest BCUT2D eigenvalue weighted by Crippen LogP contribution is -2.50. The van der Waals surface area contributed by atoms with Gasteiger partial charge in [-0.15, -0.1) is 0 Å². The molecule has 0 radical (unpaired) electrons. The Kier molecular flexibility index (Phi) is 5.46. The van der Waals surface area contributed by atoms with E-state index in [1.165, 1.54) is 0 Å². The fourth-order valence-corrected chi connectivity index (χ4v) is 8.74. The normalized spacial score (nSPS) is 40.9. The van der Waals surface area contributed by atoms with Gasteiger partial charge in [0.2, 0.25) is 0 Å². The highest BCUT2D eigenvalue weighted by Crippen LogP contribution is 2.77. The van der Waals surface area contributed by atoms with Crippen LogP contribution in [0.15, 0.2) is 66.8 Å². The molecule has 2 aromatic carbocycles. The zero-order chi connectivity index (χ0) is 28.0. The molecule has 7 rings (SSSR count). The second-order valence-corrected chi connectivity index (χ2v) is 12.1. The number of rotatable bonds is 3. The van der Waals surface area contributed by atoms with Crippen molar-refractivity contribution in [2.75, 3.05) is 0 Å². The Morgan fingerprint density at radius 3 is 2.56 bits per heavy atom. The molecular weight excluding hydrogens is 500 g/mol. The largest absolute Gasteiger partial charge is 0.481 e. The van der Waals surface area contributed by atoms with Crippen molar-refractivity contribution in [2.24, 2.45) is 28.6 Å². The number of carboxylic acids is 2. The molecular formula is C31H32O8. The van der Waals surface area contributed by atoms with E-state index in [0.29, 0.717) is 31.3 Å².